The highest BCUT2D eigenvalue weighted by molar-refractivity contribution is 5.88. The summed E-state index contributed by atoms with van der Waals surface area (Å²) < 4.78 is 0. The number of carbonyl (C=O) groups is 2. The lowest BCUT2D eigenvalue weighted by Crippen LogP contribution is -2.50. The van der Waals surface area contributed by atoms with Crippen molar-refractivity contribution in [3.8, 4) is 0 Å². The average molecular weight is 283 g/mol. The molecule has 0 aliphatic carbocycles. The molecule has 1 unspecified atom stereocenters. The van der Waals surface area contributed by atoms with Gasteiger partial charge < -0.3 is 10.4 Å². The van der Waals surface area contributed by atoms with Crippen molar-refractivity contribution in [1.29, 1.82) is 0 Å². The third-order valence-electron chi connectivity index (χ3n) is 3.38. The number of nitrogens with one attached hydrogen (secondary N) is 1. The molecule has 2 N–H and O–H groups in total. The highest BCUT2D eigenvalue weighted by atomic mass is 16.4. The number of benzene rings is 2. The average Bonchev–Trinajstić information content (AvgIpc) is 2.48. The molecule has 2 aromatic rings. The summed E-state index contributed by atoms with van der Waals surface area (Å²) in [6.07, 6.45) is 0.149. The minimum absolute atomic E-state index is 0.149. The Kier molecular flexibility index (Phi) is 4.38. The van der Waals surface area contributed by atoms with E-state index in [0.717, 1.165) is 5.56 Å². The predicted molar refractivity (Wildman–Crippen MR) is 79.7 cm³/mol. The van der Waals surface area contributed by atoms with Crippen molar-refractivity contribution in [2.75, 3.05) is 0 Å². The molecule has 4 nitrogen and oxygen atoms in total. The zero-order valence-electron chi connectivity index (χ0n) is 11.7. The van der Waals surface area contributed by atoms with E-state index in [0.29, 0.717) is 5.56 Å². The molecule has 0 fully saturated rings. The molecule has 0 saturated heterocycles. The van der Waals surface area contributed by atoms with E-state index in [9.17, 15) is 14.7 Å². The summed E-state index contributed by atoms with van der Waals surface area (Å²) in [5.41, 5.74) is -0.0534. The lowest BCUT2D eigenvalue weighted by Gasteiger charge is -2.26. The van der Waals surface area contributed by atoms with E-state index in [2.05, 4.69) is 5.32 Å². The number of carboxylic acid groups (broad SMARTS) is 1. The van der Waals surface area contributed by atoms with Crippen LogP contribution in [0.25, 0.3) is 0 Å². The lowest BCUT2D eigenvalue weighted by atomic mass is 9.91. The Morgan fingerprint density at radius 3 is 2.05 bits per heavy atom. The molecule has 0 saturated carbocycles. The van der Waals surface area contributed by atoms with E-state index >= 15 is 0 Å². The smallest absolute Gasteiger partial charge is 0.333 e. The minimum atomic E-state index is -1.44. The van der Waals surface area contributed by atoms with Crippen LogP contribution in [0.4, 0.5) is 0 Å². The van der Waals surface area contributed by atoms with Crippen LogP contribution in [0.5, 0.6) is 0 Å². The summed E-state index contributed by atoms with van der Waals surface area (Å²) in [6, 6.07) is 17.9. The van der Waals surface area contributed by atoms with Gasteiger partial charge in [-0.15, -0.1) is 0 Å². The second-order valence-corrected chi connectivity index (χ2v) is 5.01. The van der Waals surface area contributed by atoms with Gasteiger partial charge in [0.05, 0.1) is 6.42 Å². The molecule has 2 rings (SSSR count). The standard InChI is InChI=1S/C17H17NO3/c1-17(16(20)21,14-10-6-3-7-11-14)18-15(19)12-13-8-4-2-5-9-13/h2-11H,12H2,1H3,(H,18,19)(H,20,21). The zero-order chi connectivity index (χ0) is 15.3. The molecule has 0 aliphatic rings. The first kappa shape index (κ1) is 14.8. The third kappa shape index (κ3) is 3.48. The number of carbonyl (C=O) groups excluding carboxylic acids is 1. The minimum Gasteiger partial charge on any atom is -0.479 e. The fraction of sp³-hybridized carbons (Fsp3) is 0.176. The van der Waals surface area contributed by atoms with E-state index in [-0.39, 0.29) is 12.3 Å². The monoisotopic (exact) mass is 283 g/mol. The molecule has 0 radical (unpaired) electrons. The van der Waals surface area contributed by atoms with Crippen molar-refractivity contribution in [2.24, 2.45) is 0 Å². The molecule has 0 aromatic heterocycles. The predicted octanol–water partition coefficient (Wildman–Crippen LogP) is 2.35. The van der Waals surface area contributed by atoms with Crippen LogP contribution in [-0.4, -0.2) is 17.0 Å². The van der Waals surface area contributed by atoms with Crippen LogP contribution in [0.15, 0.2) is 60.7 Å². The zero-order valence-corrected chi connectivity index (χ0v) is 11.7. The van der Waals surface area contributed by atoms with E-state index in [1.54, 1.807) is 30.3 Å². The van der Waals surface area contributed by atoms with E-state index in [1.807, 2.05) is 30.3 Å². The van der Waals surface area contributed by atoms with E-state index in [1.165, 1.54) is 6.92 Å². The molecule has 0 spiro atoms. The van der Waals surface area contributed by atoms with Gasteiger partial charge in [-0.05, 0) is 18.1 Å². The van der Waals surface area contributed by atoms with Gasteiger partial charge in [0.1, 0.15) is 0 Å². The highest BCUT2D eigenvalue weighted by Gasteiger charge is 2.36. The molecule has 2 aromatic carbocycles. The Labute approximate surface area is 123 Å². The normalized spacial score (nSPS) is 13.2. The number of amides is 1. The Morgan fingerprint density at radius 2 is 1.52 bits per heavy atom. The summed E-state index contributed by atoms with van der Waals surface area (Å²) >= 11 is 0. The third-order valence-corrected chi connectivity index (χ3v) is 3.38. The number of hydrogen-bond donors (Lipinski definition) is 2. The van der Waals surface area contributed by atoms with Gasteiger partial charge in [-0.3, -0.25) is 4.79 Å². The van der Waals surface area contributed by atoms with Gasteiger partial charge in [0.15, 0.2) is 5.54 Å². The maximum Gasteiger partial charge on any atom is 0.333 e. The summed E-state index contributed by atoms with van der Waals surface area (Å²) in [7, 11) is 0. The molecule has 1 atom stereocenters. The van der Waals surface area contributed by atoms with Gasteiger partial charge in [-0.25, -0.2) is 4.79 Å². The van der Waals surface area contributed by atoms with Crippen LogP contribution in [0, 0.1) is 0 Å². The van der Waals surface area contributed by atoms with Crippen molar-refractivity contribution in [3.05, 3.63) is 71.8 Å². The molecule has 0 aliphatic heterocycles. The topological polar surface area (TPSA) is 66.4 Å². The molecule has 1 amide bonds. The van der Waals surface area contributed by atoms with Crippen molar-refractivity contribution >= 4 is 11.9 Å². The van der Waals surface area contributed by atoms with Crippen molar-refractivity contribution < 1.29 is 14.7 Å². The van der Waals surface area contributed by atoms with Gasteiger partial charge in [-0.1, -0.05) is 60.7 Å². The molecule has 0 heterocycles. The second-order valence-electron chi connectivity index (χ2n) is 5.01. The van der Waals surface area contributed by atoms with Gasteiger partial charge in [-0.2, -0.15) is 0 Å². The first-order valence-electron chi connectivity index (χ1n) is 6.66. The van der Waals surface area contributed by atoms with Gasteiger partial charge in [0.2, 0.25) is 5.91 Å². The van der Waals surface area contributed by atoms with Crippen LogP contribution < -0.4 is 5.32 Å². The number of carboxylic acids is 1. The van der Waals surface area contributed by atoms with E-state index in [4.69, 9.17) is 0 Å². The maximum atomic E-state index is 12.1. The molecular formula is C17H17NO3. The summed E-state index contributed by atoms with van der Waals surface area (Å²) in [6.45, 7) is 1.49. The number of aliphatic carboxylic acids is 1. The summed E-state index contributed by atoms with van der Waals surface area (Å²) in [4.78, 5) is 23.7. The highest BCUT2D eigenvalue weighted by Crippen LogP contribution is 2.21. The van der Waals surface area contributed by atoms with Crippen molar-refractivity contribution in [2.45, 2.75) is 18.9 Å². The number of rotatable bonds is 5. The van der Waals surface area contributed by atoms with Gasteiger partial charge in [0.25, 0.3) is 0 Å². The molecule has 108 valence electrons. The Hall–Kier alpha value is -2.62. The van der Waals surface area contributed by atoms with Crippen LogP contribution in [-0.2, 0) is 21.5 Å². The van der Waals surface area contributed by atoms with E-state index < -0.39 is 11.5 Å². The SMILES string of the molecule is CC(NC(=O)Cc1ccccc1)(C(=O)O)c1ccccc1. The Bertz CT molecular complexity index is 625. The van der Waals surface area contributed by atoms with Crippen molar-refractivity contribution in [1.82, 2.24) is 5.32 Å². The molecule has 0 bridgehead atoms. The molecule has 4 heteroatoms. The first-order chi connectivity index (χ1) is 10.0. The van der Waals surface area contributed by atoms with Crippen LogP contribution in [0.1, 0.15) is 18.1 Å². The number of hydrogen-bond acceptors (Lipinski definition) is 2. The largest absolute Gasteiger partial charge is 0.479 e. The first-order valence-corrected chi connectivity index (χ1v) is 6.66. The second kappa shape index (κ2) is 6.22. The summed E-state index contributed by atoms with van der Waals surface area (Å²) in [5.74, 6) is -1.41. The van der Waals surface area contributed by atoms with Crippen LogP contribution >= 0.6 is 0 Å². The van der Waals surface area contributed by atoms with Gasteiger partial charge >= 0.3 is 5.97 Å². The van der Waals surface area contributed by atoms with Gasteiger partial charge in [0, 0.05) is 0 Å². The van der Waals surface area contributed by atoms with Crippen LogP contribution in [0.2, 0.25) is 0 Å². The molecule has 21 heavy (non-hydrogen) atoms. The molecular weight excluding hydrogens is 266 g/mol. The fourth-order valence-electron chi connectivity index (χ4n) is 2.12. The van der Waals surface area contributed by atoms with Crippen LogP contribution in [0.3, 0.4) is 0 Å². The Balaban J connectivity index is 2.17. The maximum absolute atomic E-state index is 12.1. The lowest BCUT2D eigenvalue weighted by molar-refractivity contribution is -0.147. The quantitative estimate of drug-likeness (QED) is 0.885. The van der Waals surface area contributed by atoms with Crippen molar-refractivity contribution in [3.63, 3.8) is 0 Å². The Morgan fingerprint density at radius 1 is 1.00 bits per heavy atom. The summed E-state index contributed by atoms with van der Waals surface area (Å²) in [5, 5.41) is 12.1. The fourth-order valence-corrected chi connectivity index (χ4v) is 2.12.